The number of nitrogens with zero attached hydrogens (tertiary/aromatic N) is 2. The van der Waals surface area contributed by atoms with Crippen molar-refractivity contribution in [1.29, 1.82) is 0 Å². The Balaban J connectivity index is 1.61. The van der Waals surface area contributed by atoms with Crippen LogP contribution in [0.5, 0.6) is 5.75 Å². The molecule has 0 unspecified atom stereocenters. The Bertz CT molecular complexity index is 1150. The van der Waals surface area contributed by atoms with Crippen molar-refractivity contribution in [3.63, 3.8) is 0 Å². The highest BCUT2D eigenvalue weighted by molar-refractivity contribution is 8.00. The van der Waals surface area contributed by atoms with Crippen molar-refractivity contribution in [2.45, 2.75) is 16.5 Å². The Kier molecular flexibility index (Phi) is 6.36. The van der Waals surface area contributed by atoms with Gasteiger partial charge in [-0.15, -0.1) is 11.8 Å². The summed E-state index contributed by atoms with van der Waals surface area (Å²) in [5.41, 5.74) is 2.00. The minimum Gasteiger partial charge on any atom is -0.497 e. The normalized spacial score (nSPS) is 12.5. The molecule has 30 heavy (non-hydrogen) atoms. The fourth-order valence-corrected chi connectivity index (χ4v) is 5.08. The molecular weight excluding hydrogens is 442 g/mol. The summed E-state index contributed by atoms with van der Waals surface area (Å²) < 4.78 is 6.77. The second-order valence-electron chi connectivity index (χ2n) is 6.45. The molecule has 0 radical (unpaired) electrons. The van der Waals surface area contributed by atoms with Crippen LogP contribution in [0.15, 0.2) is 63.4 Å². The number of nitrogens with one attached hydrogen (secondary N) is 1. The number of hydrogen-bond donors (Lipinski definition) is 1. The molecular formula is C21H18ClN3O3S2. The summed E-state index contributed by atoms with van der Waals surface area (Å²) in [6, 6.07) is 14.2. The summed E-state index contributed by atoms with van der Waals surface area (Å²) in [5.74, 6) is 1.45. The number of carbonyl (C=O) groups is 1. The minimum atomic E-state index is -0.201. The van der Waals surface area contributed by atoms with Crippen molar-refractivity contribution in [2.24, 2.45) is 0 Å². The lowest BCUT2D eigenvalue weighted by Gasteiger charge is -2.14. The minimum absolute atomic E-state index is 0.106. The molecule has 3 aromatic rings. The van der Waals surface area contributed by atoms with Gasteiger partial charge in [-0.2, -0.15) is 0 Å². The van der Waals surface area contributed by atoms with Crippen LogP contribution in [-0.2, 0) is 11.2 Å². The second kappa shape index (κ2) is 9.16. The Morgan fingerprint density at radius 2 is 2.10 bits per heavy atom. The summed E-state index contributed by atoms with van der Waals surface area (Å²) in [7, 11) is 1.59. The number of aryl methyl sites for hydroxylation is 1. The van der Waals surface area contributed by atoms with Crippen LogP contribution in [0, 0.1) is 0 Å². The number of ether oxygens (including phenoxy) is 1. The predicted molar refractivity (Wildman–Crippen MR) is 122 cm³/mol. The van der Waals surface area contributed by atoms with E-state index in [0.29, 0.717) is 32.2 Å². The first-order valence-corrected chi connectivity index (χ1v) is 11.5. The highest BCUT2D eigenvalue weighted by atomic mass is 35.5. The maximum absolute atomic E-state index is 13.2. The van der Waals surface area contributed by atoms with Gasteiger partial charge in [0.1, 0.15) is 5.75 Å². The summed E-state index contributed by atoms with van der Waals surface area (Å²) in [5, 5.41) is 3.86. The smallest absolute Gasteiger partial charge is 0.272 e. The van der Waals surface area contributed by atoms with Gasteiger partial charge in [-0.3, -0.25) is 14.2 Å². The molecule has 0 atom stereocenters. The van der Waals surface area contributed by atoms with Gasteiger partial charge in [0.05, 0.1) is 29.1 Å². The first-order chi connectivity index (χ1) is 14.5. The molecule has 1 aliphatic rings. The van der Waals surface area contributed by atoms with Crippen LogP contribution < -0.4 is 15.6 Å². The number of rotatable bonds is 6. The van der Waals surface area contributed by atoms with Gasteiger partial charge in [-0.25, -0.2) is 4.98 Å². The van der Waals surface area contributed by atoms with E-state index in [-0.39, 0.29) is 17.2 Å². The average Bonchev–Trinajstić information content (AvgIpc) is 3.21. The molecule has 0 spiro atoms. The Morgan fingerprint density at radius 3 is 2.83 bits per heavy atom. The number of anilines is 1. The van der Waals surface area contributed by atoms with E-state index in [1.54, 1.807) is 48.1 Å². The molecule has 6 nitrogen and oxygen atoms in total. The SMILES string of the molecule is COc1ccc(-n2c(SCC(=O)Nc3cccc(Cl)c3)nc3c(c2=O)SCC3)cc1. The van der Waals surface area contributed by atoms with E-state index in [1.807, 2.05) is 12.1 Å². The maximum atomic E-state index is 13.2. The van der Waals surface area contributed by atoms with Crippen LogP contribution in [0.4, 0.5) is 5.69 Å². The molecule has 0 aliphatic carbocycles. The zero-order valence-corrected chi connectivity index (χ0v) is 18.4. The van der Waals surface area contributed by atoms with Gasteiger partial charge in [0, 0.05) is 22.9 Å². The van der Waals surface area contributed by atoms with Gasteiger partial charge in [0.2, 0.25) is 5.91 Å². The molecule has 4 rings (SSSR count). The lowest BCUT2D eigenvalue weighted by molar-refractivity contribution is -0.113. The molecule has 154 valence electrons. The number of amides is 1. The zero-order valence-electron chi connectivity index (χ0n) is 16.1. The van der Waals surface area contributed by atoms with Crippen molar-refractivity contribution in [1.82, 2.24) is 9.55 Å². The van der Waals surface area contributed by atoms with Gasteiger partial charge in [-0.05, 0) is 42.5 Å². The first kappa shape index (κ1) is 20.8. The van der Waals surface area contributed by atoms with Gasteiger partial charge in [-0.1, -0.05) is 29.4 Å². The van der Waals surface area contributed by atoms with E-state index in [1.165, 1.54) is 23.5 Å². The molecule has 2 heterocycles. The molecule has 1 N–H and O–H groups in total. The monoisotopic (exact) mass is 459 g/mol. The molecule has 0 saturated heterocycles. The van der Waals surface area contributed by atoms with E-state index in [2.05, 4.69) is 5.32 Å². The molecule has 0 saturated carbocycles. The van der Waals surface area contributed by atoms with Crippen LogP contribution >= 0.6 is 35.1 Å². The third-order valence-corrected chi connectivity index (χ3v) is 6.72. The van der Waals surface area contributed by atoms with Gasteiger partial charge < -0.3 is 10.1 Å². The highest BCUT2D eigenvalue weighted by Crippen LogP contribution is 2.30. The highest BCUT2D eigenvalue weighted by Gasteiger charge is 2.23. The third kappa shape index (κ3) is 4.50. The van der Waals surface area contributed by atoms with Crippen molar-refractivity contribution in [2.75, 3.05) is 23.9 Å². The van der Waals surface area contributed by atoms with Crippen molar-refractivity contribution >= 4 is 46.7 Å². The molecule has 1 aliphatic heterocycles. The van der Waals surface area contributed by atoms with Gasteiger partial charge in [0.25, 0.3) is 5.56 Å². The van der Waals surface area contributed by atoms with Crippen LogP contribution in [-0.4, -0.2) is 34.1 Å². The van der Waals surface area contributed by atoms with E-state index in [4.69, 9.17) is 21.3 Å². The lowest BCUT2D eigenvalue weighted by Crippen LogP contribution is -2.24. The quantitative estimate of drug-likeness (QED) is 0.438. The Labute approximate surface area is 187 Å². The average molecular weight is 460 g/mol. The lowest BCUT2D eigenvalue weighted by atomic mass is 10.3. The predicted octanol–water partition coefficient (Wildman–Crippen LogP) is 4.27. The number of halogens is 1. The van der Waals surface area contributed by atoms with E-state index >= 15 is 0 Å². The Hall–Kier alpha value is -2.42. The number of methoxy groups -OCH3 is 1. The molecule has 0 bridgehead atoms. The van der Waals surface area contributed by atoms with E-state index < -0.39 is 0 Å². The number of hydrogen-bond acceptors (Lipinski definition) is 6. The second-order valence-corrected chi connectivity index (χ2v) is 8.94. The van der Waals surface area contributed by atoms with Gasteiger partial charge >= 0.3 is 0 Å². The molecule has 2 aromatic carbocycles. The number of thioether (sulfide) groups is 2. The number of aromatic nitrogens is 2. The zero-order chi connectivity index (χ0) is 21.1. The standard InChI is InChI=1S/C21H18ClN3O3S2/c1-28-16-7-5-15(6-8-16)25-20(27)19-17(9-10-29-19)24-21(25)30-12-18(26)23-14-4-2-3-13(22)11-14/h2-8,11H,9-10,12H2,1H3,(H,23,26). The summed E-state index contributed by atoms with van der Waals surface area (Å²) >= 11 is 8.72. The number of fused-ring (bicyclic) bond motifs is 1. The van der Waals surface area contributed by atoms with Crippen molar-refractivity contribution < 1.29 is 9.53 Å². The topological polar surface area (TPSA) is 73.2 Å². The number of benzene rings is 2. The van der Waals surface area contributed by atoms with E-state index in [9.17, 15) is 9.59 Å². The maximum Gasteiger partial charge on any atom is 0.272 e. The Morgan fingerprint density at radius 1 is 1.30 bits per heavy atom. The summed E-state index contributed by atoms with van der Waals surface area (Å²) in [6.07, 6.45) is 0.751. The van der Waals surface area contributed by atoms with Crippen LogP contribution in [0.25, 0.3) is 5.69 Å². The van der Waals surface area contributed by atoms with Crippen LogP contribution in [0.2, 0.25) is 5.02 Å². The van der Waals surface area contributed by atoms with Crippen LogP contribution in [0.1, 0.15) is 5.69 Å². The molecule has 0 fully saturated rings. The molecule has 1 amide bonds. The third-order valence-electron chi connectivity index (χ3n) is 4.44. The first-order valence-electron chi connectivity index (χ1n) is 9.16. The summed E-state index contributed by atoms with van der Waals surface area (Å²) in [6.45, 7) is 0. The number of carbonyl (C=O) groups excluding carboxylic acids is 1. The molecule has 1 aromatic heterocycles. The largest absolute Gasteiger partial charge is 0.497 e. The fourth-order valence-electron chi connectivity index (χ4n) is 3.04. The molecule has 9 heteroatoms. The summed E-state index contributed by atoms with van der Waals surface area (Å²) in [4.78, 5) is 31.0. The van der Waals surface area contributed by atoms with Crippen molar-refractivity contribution in [3.8, 4) is 11.4 Å². The van der Waals surface area contributed by atoms with Gasteiger partial charge in [0.15, 0.2) is 5.16 Å². The van der Waals surface area contributed by atoms with Crippen LogP contribution in [0.3, 0.4) is 0 Å². The van der Waals surface area contributed by atoms with E-state index in [0.717, 1.165) is 17.9 Å². The van der Waals surface area contributed by atoms with Crippen molar-refractivity contribution in [3.05, 3.63) is 69.6 Å². The fraction of sp³-hybridized carbons (Fsp3) is 0.190.